The lowest BCUT2D eigenvalue weighted by atomic mass is 10.2. The molecular formula is C22H37N5O2S. The maximum Gasteiger partial charge on any atom is 0.194 e. The molecule has 8 heteroatoms. The first kappa shape index (κ1) is 23.0. The largest absolute Gasteiger partial charge is 0.357 e. The van der Waals surface area contributed by atoms with Gasteiger partial charge in [-0.3, -0.25) is 14.8 Å². The van der Waals surface area contributed by atoms with Gasteiger partial charge in [0.2, 0.25) is 0 Å². The van der Waals surface area contributed by atoms with Crippen molar-refractivity contribution in [2.45, 2.75) is 32.1 Å². The number of sulfone groups is 1. The van der Waals surface area contributed by atoms with E-state index in [0.717, 1.165) is 58.3 Å². The van der Waals surface area contributed by atoms with Crippen LogP contribution in [0.3, 0.4) is 0 Å². The number of piperazine rings is 1. The van der Waals surface area contributed by atoms with Crippen molar-refractivity contribution in [2.75, 3.05) is 64.7 Å². The summed E-state index contributed by atoms with van der Waals surface area (Å²) in [5.41, 5.74) is 1.37. The zero-order chi connectivity index (χ0) is 21.6. The molecule has 2 aliphatic rings. The summed E-state index contributed by atoms with van der Waals surface area (Å²) in [7, 11) is -3.05. The maximum absolute atomic E-state index is 12.3. The minimum absolute atomic E-state index is 0.188. The van der Waals surface area contributed by atoms with E-state index in [1.807, 2.05) is 20.8 Å². The number of nitrogens with zero attached hydrogens (tertiary/aromatic N) is 4. The van der Waals surface area contributed by atoms with Gasteiger partial charge in [0.05, 0.1) is 17.0 Å². The van der Waals surface area contributed by atoms with Gasteiger partial charge in [0.25, 0.3) is 0 Å². The highest BCUT2D eigenvalue weighted by Gasteiger charge is 2.40. The second-order valence-corrected chi connectivity index (χ2v) is 11.6. The van der Waals surface area contributed by atoms with E-state index in [2.05, 4.69) is 50.3 Å². The molecule has 2 saturated heterocycles. The lowest BCUT2D eigenvalue weighted by Crippen LogP contribution is -2.57. The number of rotatable bonds is 6. The van der Waals surface area contributed by atoms with Crippen LogP contribution >= 0.6 is 0 Å². The molecule has 2 fully saturated rings. The van der Waals surface area contributed by atoms with Gasteiger partial charge in [-0.1, -0.05) is 30.3 Å². The molecule has 0 amide bonds. The van der Waals surface area contributed by atoms with Gasteiger partial charge in [-0.05, 0) is 26.3 Å². The van der Waals surface area contributed by atoms with Gasteiger partial charge in [-0.15, -0.1) is 0 Å². The lowest BCUT2D eigenvalue weighted by Gasteiger charge is -2.39. The first-order valence-electron chi connectivity index (χ1n) is 11.0. The Morgan fingerprint density at radius 2 is 1.73 bits per heavy atom. The van der Waals surface area contributed by atoms with Crippen LogP contribution in [0, 0.1) is 0 Å². The van der Waals surface area contributed by atoms with Crippen molar-refractivity contribution >= 4 is 15.8 Å². The molecule has 2 aliphatic heterocycles. The molecule has 0 bridgehead atoms. The third-order valence-corrected chi connectivity index (χ3v) is 8.60. The molecule has 3 rings (SSSR count). The number of benzene rings is 1. The molecule has 2 heterocycles. The fourth-order valence-electron chi connectivity index (χ4n) is 4.06. The second-order valence-electron chi connectivity index (χ2n) is 8.84. The van der Waals surface area contributed by atoms with Crippen LogP contribution in [0.2, 0.25) is 0 Å². The van der Waals surface area contributed by atoms with Crippen LogP contribution in [0.5, 0.6) is 0 Å². The van der Waals surface area contributed by atoms with Crippen LogP contribution in [0.1, 0.15) is 26.3 Å². The molecule has 0 spiro atoms. The normalized spacial score (nSPS) is 22.8. The van der Waals surface area contributed by atoms with Crippen molar-refractivity contribution in [1.82, 2.24) is 20.0 Å². The molecule has 7 nitrogen and oxygen atoms in total. The van der Waals surface area contributed by atoms with E-state index in [9.17, 15) is 8.42 Å². The highest BCUT2D eigenvalue weighted by molar-refractivity contribution is 7.92. The summed E-state index contributed by atoms with van der Waals surface area (Å²) in [5.74, 6) is 1.02. The Morgan fingerprint density at radius 1 is 1.07 bits per heavy atom. The summed E-state index contributed by atoms with van der Waals surface area (Å²) in [5, 5.41) is 3.34. The van der Waals surface area contributed by atoms with E-state index in [4.69, 9.17) is 4.99 Å². The van der Waals surface area contributed by atoms with Gasteiger partial charge in [0.1, 0.15) is 0 Å². The average molecular weight is 436 g/mol. The first-order valence-corrected chi connectivity index (χ1v) is 12.7. The van der Waals surface area contributed by atoms with E-state index >= 15 is 0 Å². The zero-order valence-electron chi connectivity index (χ0n) is 18.7. The molecule has 0 atom stereocenters. The predicted molar refractivity (Wildman–Crippen MR) is 124 cm³/mol. The predicted octanol–water partition coefficient (Wildman–Crippen LogP) is 1.28. The molecule has 1 aromatic carbocycles. The van der Waals surface area contributed by atoms with Crippen molar-refractivity contribution in [3.63, 3.8) is 0 Å². The SMILES string of the molecule is CCNC(=NCCN1CCN(Cc2ccccc2)CC1)N1CCS(=O)(=O)C(C)(C)C1. The number of guanidine groups is 1. The van der Waals surface area contributed by atoms with Crippen LogP contribution in [0.15, 0.2) is 35.3 Å². The Labute approximate surface area is 182 Å². The molecule has 0 aromatic heterocycles. The standard InChI is InChI=1S/C22H37N5O2S/c1-4-23-21(27-16-17-30(28,29)22(2,3)19-27)24-10-11-25-12-14-26(15-13-25)18-20-8-6-5-7-9-20/h5-9H,4,10-19H2,1-3H3,(H,23,24). The fourth-order valence-corrected chi connectivity index (χ4v) is 5.43. The summed E-state index contributed by atoms with van der Waals surface area (Å²) in [4.78, 5) is 11.9. The van der Waals surface area contributed by atoms with E-state index in [-0.39, 0.29) is 5.75 Å². The van der Waals surface area contributed by atoms with Gasteiger partial charge in [0.15, 0.2) is 15.8 Å². The van der Waals surface area contributed by atoms with Crippen molar-refractivity contribution < 1.29 is 8.42 Å². The number of hydrogen-bond donors (Lipinski definition) is 1. The van der Waals surface area contributed by atoms with E-state index in [1.165, 1.54) is 5.56 Å². The molecule has 0 unspecified atom stereocenters. The van der Waals surface area contributed by atoms with Gasteiger partial charge in [0, 0.05) is 58.9 Å². The topological polar surface area (TPSA) is 68.2 Å². The van der Waals surface area contributed by atoms with Crippen molar-refractivity contribution in [2.24, 2.45) is 4.99 Å². The van der Waals surface area contributed by atoms with E-state index in [1.54, 1.807) is 0 Å². The van der Waals surface area contributed by atoms with E-state index in [0.29, 0.717) is 13.1 Å². The number of hydrogen-bond acceptors (Lipinski definition) is 5. The van der Waals surface area contributed by atoms with Crippen molar-refractivity contribution in [1.29, 1.82) is 0 Å². The quantitative estimate of drug-likeness (QED) is 0.536. The molecule has 0 radical (unpaired) electrons. The van der Waals surface area contributed by atoms with Crippen LogP contribution in [-0.4, -0.2) is 98.5 Å². The maximum atomic E-state index is 12.3. The fraction of sp³-hybridized carbons (Fsp3) is 0.682. The Kier molecular flexibility index (Phi) is 7.76. The van der Waals surface area contributed by atoms with Crippen molar-refractivity contribution in [3.8, 4) is 0 Å². The highest BCUT2D eigenvalue weighted by atomic mass is 32.2. The number of nitrogens with one attached hydrogen (secondary N) is 1. The van der Waals surface area contributed by atoms with Gasteiger partial charge < -0.3 is 10.2 Å². The summed E-state index contributed by atoms with van der Waals surface area (Å²) in [6.07, 6.45) is 0. The molecule has 1 N–H and O–H groups in total. The minimum Gasteiger partial charge on any atom is -0.357 e. The molecular weight excluding hydrogens is 398 g/mol. The van der Waals surface area contributed by atoms with Crippen LogP contribution in [0.4, 0.5) is 0 Å². The lowest BCUT2D eigenvalue weighted by molar-refractivity contribution is 0.130. The smallest absolute Gasteiger partial charge is 0.194 e. The minimum atomic E-state index is -3.05. The second kappa shape index (κ2) is 10.1. The third-order valence-electron chi connectivity index (χ3n) is 6.07. The average Bonchev–Trinajstić information content (AvgIpc) is 2.71. The molecule has 0 aliphatic carbocycles. The third kappa shape index (κ3) is 5.95. The monoisotopic (exact) mass is 435 g/mol. The summed E-state index contributed by atoms with van der Waals surface area (Å²) in [6.45, 7) is 14.4. The summed E-state index contributed by atoms with van der Waals surface area (Å²) in [6, 6.07) is 10.6. The van der Waals surface area contributed by atoms with E-state index < -0.39 is 14.6 Å². The van der Waals surface area contributed by atoms with Crippen LogP contribution in [-0.2, 0) is 16.4 Å². The number of aliphatic imine (C=N–C) groups is 1. The summed E-state index contributed by atoms with van der Waals surface area (Å²) >= 11 is 0. The Morgan fingerprint density at radius 3 is 2.37 bits per heavy atom. The van der Waals surface area contributed by atoms with Crippen molar-refractivity contribution in [3.05, 3.63) is 35.9 Å². The molecule has 168 valence electrons. The highest BCUT2D eigenvalue weighted by Crippen LogP contribution is 2.23. The van der Waals surface area contributed by atoms with Gasteiger partial charge >= 0.3 is 0 Å². The van der Waals surface area contributed by atoms with Gasteiger partial charge in [-0.25, -0.2) is 8.42 Å². The molecule has 0 saturated carbocycles. The zero-order valence-corrected chi connectivity index (χ0v) is 19.5. The van der Waals surface area contributed by atoms with Crippen LogP contribution in [0.25, 0.3) is 0 Å². The Balaban J connectivity index is 1.47. The Bertz CT molecular complexity index is 802. The first-order chi connectivity index (χ1) is 14.3. The Hall–Kier alpha value is -1.64. The van der Waals surface area contributed by atoms with Crippen LogP contribution < -0.4 is 5.32 Å². The summed E-state index contributed by atoms with van der Waals surface area (Å²) < 4.78 is 23.8. The van der Waals surface area contributed by atoms with Gasteiger partial charge in [-0.2, -0.15) is 0 Å². The molecule has 1 aromatic rings. The molecule has 30 heavy (non-hydrogen) atoms.